The van der Waals surface area contributed by atoms with Crippen LogP contribution in [0.3, 0.4) is 0 Å². The van der Waals surface area contributed by atoms with E-state index in [1.165, 1.54) is 0 Å². The minimum atomic E-state index is -0.391. The van der Waals surface area contributed by atoms with E-state index in [-0.39, 0.29) is 5.57 Å². The van der Waals surface area contributed by atoms with Crippen molar-refractivity contribution < 1.29 is 14.3 Å². The lowest BCUT2D eigenvalue weighted by atomic mass is 10.1. The number of aromatic amines is 1. The van der Waals surface area contributed by atoms with Crippen LogP contribution in [0.5, 0.6) is 11.5 Å². The molecule has 0 atom stereocenters. The topological polar surface area (TPSA) is 87.1 Å². The summed E-state index contributed by atoms with van der Waals surface area (Å²) in [5.74, 6) is 0.908. The van der Waals surface area contributed by atoms with Gasteiger partial charge in [-0.25, -0.2) is 0 Å². The summed E-state index contributed by atoms with van der Waals surface area (Å²) in [6, 6.07) is 15.4. The SMILES string of the molecule is COc1ccc(CCNC(=O)/C(C#N)=C/c2c(C)[nH]c3ccccc23)cc1OC. The summed E-state index contributed by atoms with van der Waals surface area (Å²) in [6.07, 6.45) is 2.25. The molecule has 3 rings (SSSR count). The Morgan fingerprint density at radius 2 is 1.93 bits per heavy atom. The van der Waals surface area contributed by atoms with E-state index in [1.54, 1.807) is 20.3 Å². The van der Waals surface area contributed by atoms with Crippen molar-refractivity contribution in [2.45, 2.75) is 13.3 Å². The van der Waals surface area contributed by atoms with Gasteiger partial charge >= 0.3 is 0 Å². The Bertz CT molecular complexity index is 1110. The normalized spacial score (nSPS) is 11.2. The van der Waals surface area contributed by atoms with Crippen LogP contribution in [-0.2, 0) is 11.2 Å². The van der Waals surface area contributed by atoms with E-state index in [1.807, 2.05) is 55.5 Å². The number of rotatable bonds is 7. The van der Waals surface area contributed by atoms with E-state index in [2.05, 4.69) is 10.3 Å². The van der Waals surface area contributed by atoms with Gasteiger partial charge in [0.1, 0.15) is 11.6 Å². The first kappa shape index (κ1) is 20.0. The van der Waals surface area contributed by atoms with Crippen LogP contribution in [0.1, 0.15) is 16.8 Å². The van der Waals surface area contributed by atoms with Crippen molar-refractivity contribution >= 4 is 22.9 Å². The number of methoxy groups -OCH3 is 2. The van der Waals surface area contributed by atoms with Crippen molar-refractivity contribution in [1.82, 2.24) is 10.3 Å². The van der Waals surface area contributed by atoms with E-state index in [0.29, 0.717) is 24.5 Å². The molecular formula is C23H23N3O3. The van der Waals surface area contributed by atoms with Gasteiger partial charge in [-0.15, -0.1) is 0 Å². The summed E-state index contributed by atoms with van der Waals surface area (Å²) in [4.78, 5) is 15.8. The first-order valence-corrected chi connectivity index (χ1v) is 9.25. The lowest BCUT2D eigenvalue weighted by Gasteiger charge is -2.10. The highest BCUT2D eigenvalue weighted by Gasteiger charge is 2.12. The van der Waals surface area contributed by atoms with Gasteiger partial charge in [-0.1, -0.05) is 24.3 Å². The number of H-pyrrole nitrogens is 1. The van der Waals surface area contributed by atoms with E-state index in [4.69, 9.17) is 9.47 Å². The molecule has 1 heterocycles. The Morgan fingerprint density at radius 1 is 1.17 bits per heavy atom. The number of nitriles is 1. The van der Waals surface area contributed by atoms with Crippen molar-refractivity contribution in [3.8, 4) is 17.6 Å². The molecular weight excluding hydrogens is 366 g/mol. The Balaban J connectivity index is 1.70. The molecule has 0 aliphatic rings. The van der Waals surface area contributed by atoms with Crippen molar-refractivity contribution in [2.75, 3.05) is 20.8 Å². The second kappa shape index (κ2) is 8.98. The smallest absolute Gasteiger partial charge is 0.261 e. The summed E-state index contributed by atoms with van der Waals surface area (Å²) >= 11 is 0. The van der Waals surface area contributed by atoms with Gasteiger partial charge in [-0.05, 0) is 43.2 Å². The van der Waals surface area contributed by atoms with Crippen molar-refractivity contribution in [1.29, 1.82) is 5.26 Å². The molecule has 0 bridgehead atoms. The predicted octanol–water partition coefficient (Wildman–Crippen LogP) is 3.76. The van der Waals surface area contributed by atoms with Gasteiger partial charge in [0.2, 0.25) is 0 Å². The van der Waals surface area contributed by atoms with Gasteiger partial charge in [0.05, 0.1) is 14.2 Å². The van der Waals surface area contributed by atoms with E-state index >= 15 is 0 Å². The molecule has 0 saturated carbocycles. The lowest BCUT2D eigenvalue weighted by Crippen LogP contribution is -2.26. The zero-order valence-electron chi connectivity index (χ0n) is 16.7. The van der Waals surface area contributed by atoms with Crippen LogP contribution < -0.4 is 14.8 Å². The standard InChI is InChI=1S/C23H23N3O3/c1-15-19(18-6-4-5-7-20(18)26-15)13-17(14-24)23(27)25-11-10-16-8-9-21(28-2)22(12-16)29-3/h4-9,12-13,26H,10-11H2,1-3H3,(H,25,27)/b17-13+. The Hall–Kier alpha value is -3.72. The number of aromatic nitrogens is 1. The molecule has 3 aromatic rings. The van der Waals surface area contributed by atoms with Crippen LogP contribution in [0.4, 0.5) is 0 Å². The highest BCUT2D eigenvalue weighted by molar-refractivity contribution is 6.04. The quantitative estimate of drug-likeness (QED) is 0.476. The fraction of sp³-hybridized carbons (Fsp3) is 0.217. The maximum absolute atomic E-state index is 12.5. The molecule has 0 unspecified atom stereocenters. The second-order valence-corrected chi connectivity index (χ2v) is 6.57. The summed E-state index contributed by atoms with van der Waals surface area (Å²) in [5, 5.41) is 13.3. The molecule has 1 amide bonds. The highest BCUT2D eigenvalue weighted by atomic mass is 16.5. The van der Waals surface area contributed by atoms with Gasteiger partial charge < -0.3 is 19.8 Å². The van der Waals surface area contributed by atoms with Crippen molar-refractivity contribution in [3.63, 3.8) is 0 Å². The first-order valence-electron chi connectivity index (χ1n) is 9.25. The summed E-state index contributed by atoms with van der Waals surface area (Å²) < 4.78 is 10.5. The molecule has 0 aliphatic heterocycles. The number of hydrogen-bond acceptors (Lipinski definition) is 4. The van der Waals surface area contributed by atoms with Gasteiger partial charge in [0.25, 0.3) is 5.91 Å². The number of amides is 1. The average molecular weight is 389 g/mol. The third-order valence-electron chi connectivity index (χ3n) is 4.74. The first-order chi connectivity index (χ1) is 14.1. The second-order valence-electron chi connectivity index (χ2n) is 6.57. The molecule has 0 radical (unpaired) electrons. The molecule has 0 fully saturated rings. The average Bonchev–Trinajstić information content (AvgIpc) is 3.06. The summed E-state index contributed by atoms with van der Waals surface area (Å²) in [7, 11) is 3.17. The number of hydrogen-bond donors (Lipinski definition) is 2. The third kappa shape index (κ3) is 4.41. The predicted molar refractivity (Wildman–Crippen MR) is 113 cm³/mol. The van der Waals surface area contributed by atoms with Crippen LogP contribution in [0.15, 0.2) is 48.0 Å². The fourth-order valence-corrected chi connectivity index (χ4v) is 3.23. The van der Waals surface area contributed by atoms with Crippen LogP contribution in [0.25, 0.3) is 17.0 Å². The van der Waals surface area contributed by atoms with Gasteiger partial charge in [0.15, 0.2) is 11.5 Å². The number of fused-ring (bicyclic) bond motifs is 1. The molecule has 1 aromatic heterocycles. The zero-order chi connectivity index (χ0) is 20.8. The maximum atomic E-state index is 12.5. The van der Waals surface area contributed by atoms with E-state index in [0.717, 1.165) is 27.7 Å². The number of carbonyl (C=O) groups is 1. The van der Waals surface area contributed by atoms with E-state index < -0.39 is 5.91 Å². The molecule has 6 nitrogen and oxygen atoms in total. The fourth-order valence-electron chi connectivity index (χ4n) is 3.23. The zero-order valence-corrected chi connectivity index (χ0v) is 16.7. The Morgan fingerprint density at radius 3 is 2.66 bits per heavy atom. The van der Waals surface area contributed by atoms with Crippen LogP contribution in [0.2, 0.25) is 0 Å². The van der Waals surface area contributed by atoms with Crippen LogP contribution >= 0.6 is 0 Å². The highest BCUT2D eigenvalue weighted by Crippen LogP contribution is 2.27. The molecule has 0 aliphatic carbocycles. The number of aryl methyl sites for hydroxylation is 1. The number of ether oxygens (including phenoxy) is 2. The van der Waals surface area contributed by atoms with E-state index in [9.17, 15) is 10.1 Å². The van der Waals surface area contributed by atoms with Crippen LogP contribution in [0, 0.1) is 18.3 Å². The minimum Gasteiger partial charge on any atom is -0.493 e. The third-order valence-corrected chi connectivity index (χ3v) is 4.74. The number of nitrogens with one attached hydrogen (secondary N) is 2. The summed E-state index contributed by atoms with van der Waals surface area (Å²) in [6.45, 7) is 2.33. The maximum Gasteiger partial charge on any atom is 0.261 e. The number of benzene rings is 2. The number of nitrogens with zero attached hydrogens (tertiary/aromatic N) is 1. The molecule has 0 saturated heterocycles. The number of carbonyl (C=O) groups excluding carboxylic acids is 1. The van der Waals surface area contributed by atoms with Crippen LogP contribution in [-0.4, -0.2) is 31.7 Å². The van der Waals surface area contributed by atoms with Gasteiger partial charge in [-0.2, -0.15) is 5.26 Å². The molecule has 29 heavy (non-hydrogen) atoms. The molecule has 2 aromatic carbocycles. The minimum absolute atomic E-state index is 0.0742. The monoisotopic (exact) mass is 389 g/mol. The number of para-hydroxylation sites is 1. The summed E-state index contributed by atoms with van der Waals surface area (Å²) in [5.41, 5.74) is 3.81. The molecule has 148 valence electrons. The van der Waals surface area contributed by atoms with Crippen molar-refractivity contribution in [2.24, 2.45) is 0 Å². The Labute approximate surface area is 169 Å². The van der Waals surface area contributed by atoms with Gasteiger partial charge in [-0.3, -0.25) is 4.79 Å². The Kier molecular flexibility index (Phi) is 6.20. The molecule has 2 N–H and O–H groups in total. The van der Waals surface area contributed by atoms with Gasteiger partial charge in [0, 0.05) is 28.7 Å². The van der Waals surface area contributed by atoms with Crippen molar-refractivity contribution in [3.05, 3.63) is 64.9 Å². The molecule has 0 spiro atoms. The molecule has 6 heteroatoms. The lowest BCUT2D eigenvalue weighted by molar-refractivity contribution is -0.117. The largest absolute Gasteiger partial charge is 0.493 e.